The molecule has 4 saturated carbocycles. The molecule has 80 valence electrons. The molecule has 4 aliphatic carbocycles. The molecule has 0 aromatic rings. The minimum Gasteiger partial charge on any atom is -0.258 e. The first-order valence-corrected chi connectivity index (χ1v) is 6.35. The molecule has 0 unspecified atom stereocenters. The second-order valence-corrected chi connectivity index (χ2v) is 5.63. The summed E-state index contributed by atoms with van der Waals surface area (Å²) in [6.45, 7) is 3.21. The van der Waals surface area contributed by atoms with E-state index in [9.17, 15) is 0 Å². The molecule has 0 atom stereocenters. The predicted octanol–water partition coefficient (Wildman–Crippen LogP) is 1.93. The van der Waals surface area contributed by atoms with Gasteiger partial charge in [0.05, 0.1) is 0 Å². The Balaban J connectivity index is 1.69. The first-order chi connectivity index (χ1) is 6.86. The smallest absolute Gasteiger partial charge is 0.0269 e. The van der Waals surface area contributed by atoms with Gasteiger partial charge < -0.3 is 0 Å². The van der Waals surface area contributed by atoms with Crippen LogP contribution in [0.4, 0.5) is 0 Å². The summed E-state index contributed by atoms with van der Waals surface area (Å²) in [5, 5.41) is 0. The lowest BCUT2D eigenvalue weighted by Crippen LogP contribution is -2.57. The number of rotatable bonds is 3. The maximum atomic E-state index is 3.56. The average molecular weight is 194 g/mol. The van der Waals surface area contributed by atoms with E-state index in [1.165, 1.54) is 25.7 Å². The molecule has 2 heteroatoms. The fourth-order valence-corrected chi connectivity index (χ4v) is 4.38. The SMILES string of the molecule is CCNNC1C2CC3CC(C2)CC1C3. The maximum Gasteiger partial charge on any atom is 0.0269 e. The fourth-order valence-electron chi connectivity index (χ4n) is 4.38. The second kappa shape index (κ2) is 3.49. The van der Waals surface area contributed by atoms with Crippen LogP contribution in [-0.4, -0.2) is 12.6 Å². The van der Waals surface area contributed by atoms with Gasteiger partial charge in [-0.1, -0.05) is 6.92 Å². The van der Waals surface area contributed by atoms with E-state index in [4.69, 9.17) is 0 Å². The lowest BCUT2D eigenvalue weighted by molar-refractivity contribution is -0.0184. The van der Waals surface area contributed by atoms with Crippen LogP contribution in [0.3, 0.4) is 0 Å². The normalized spacial score (nSPS) is 49.9. The molecule has 0 spiro atoms. The van der Waals surface area contributed by atoms with Crippen LogP contribution in [0.2, 0.25) is 0 Å². The van der Waals surface area contributed by atoms with Crippen molar-refractivity contribution in [3.8, 4) is 0 Å². The molecule has 2 N–H and O–H groups in total. The molecule has 0 amide bonds. The predicted molar refractivity (Wildman–Crippen MR) is 57.6 cm³/mol. The van der Waals surface area contributed by atoms with Gasteiger partial charge in [0.1, 0.15) is 0 Å². The van der Waals surface area contributed by atoms with Gasteiger partial charge in [-0.3, -0.25) is 10.9 Å². The van der Waals surface area contributed by atoms with Crippen LogP contribution in [0.15, 0.2) is 0 Å². The molecule has 0 heterocycles. The van der Waals surface area contributed by atoms with Crippen molar-refractivity contribution >= 4 is 0 Å². The molecule has 4 aliphatic rings. The van der Waals surface area contributed by atoms with E-state index in [1.54, 1.807) is 6.42 Å². The van der Waals surface area contributed by atoms with E-state index < -0.39 is 0 Å². The number of hydrogen-bond donors (Lipinski definition) is 2. The maximum absolute atomic E-state index is 3.56. The van der Waals surface area contributed by atoms with Crippen molar-refractivity contribution in [2.24, 2.45) is 23.7 Å². The summed E-state index contributed by atoms with van der Waals surface area (Å²) >= 11 is 0. The Morgan fingerprint density at radius 1 is 0.929 bits per heavy atom. The summed E-state index contributed by atoms with van der Waals surface area (Å²) in [5.74, 6) is 4.17. The summed E-state index contributed by atoms with van der Waals surface area (Å²) in [6, 6.07) is 0.794. The Hall–Kier alpha value is -0.0800. The van der Waals surface area contributed by atoms with Crippen molar-refractivity contribution in [3.05, 3.63) is 0 Å². The summed E-state index contributed by atoms with van der Waals surface area (Å²) in [7, 11) is 0. The monoisotopic (exact) mass is 194 g/mol. The number of hydrazine groups is 1. The third-order valence-electron chi connectivity index (χ3n) is 4.67. The molecule has 0 aliphatic heterocycles. The summed E-state index contributed by atoms with van der Waals surface area (Å²) < 4.78 is 0. The first kappa shape index (κ1) is 9.17. The van der Waals surface area contributed by atoms with Gasteiger partial charge in [0.2, 0.25) is 0 Å². The highest BCUT2D eigenvalue weighted by Gasteiger charge is 2.47. The van der Waals surface area contributed by atoms with Gasteiger partial charge in [0.25, 0.3) is 0 Å². The molecule has 0 radical (unpaired) electrons. The van der Waals surface area contributed by atoms with Crippen molar-refractivity contribution < 1.29 is 0 Å². The lowest BCUT2D eigenvalue weighted by Gasteiger charge is -2.54. The van der Waals surface area contributed by atoms with Gasteiger partial charge in [-0.2, -0.15) is 0 Å². The Morgan fingerprint density at radius 3 is 2.00 bits per heavy atom. The van der Waals surface area contributed by atoms with Crippen molar-refractivity contribution in [1.82, 2.24) is 10.9 Å². The average Bonchev–Trinajstić information content (AvgIpc) is 2.15. The van der Waals surface area contributed by atoms with Crippen LogP contribution in [0.1, 0.15) is 39.0 Å². The van der Waals surface area contributed by atoms with Crippen LogP contribution in [0.5, 0.6) is 0 Å². The summed E-state index contributed by atoms with van der Waals surface area (Å²) in [4.78, 5) is 0. The van der Waals surface area contributed by atoms with Crippen LogP contribution in [-0.2, 0) is 0 Å². The topological polar surface area (TPSA) is 24.1 Å². The second-order valence-electron chi connectivity index (χ2n) is 5.63. The minimum absolute atomic E-state index is 0.794. The zero-order valence-corrected chi connectivity index (χ0v) is 9.13. The molecule has 14 heavy (non-hydrogen) atoms. The van der Waals surface area contributed by atoms with E-state index >= 15 is 0 Å². The van der Waals surface area contributed by atoms with Crippen molar-refractivity contribution in [2.45, 2.75) is 45.1 Å². The Kier molecular flexibility index (Phi) is 2.29. The van der Waals surface area contributed by atoms with Gasteiger partial charge in [-0.15, -0.1) is 0 Å². The molecule has 4 rings (SSSR count). The van der Waals surface area contributed by atoms with E-state index in [1.807, 2.05) is 0 Å². The Bertz CT molecular complexity index is 186. The molecular weight excluding hydrogens is 172 g/mol. The quantitative estimate of drug-likeness (QED) is 0.671. The summed E-state index contributed by atoms with van der Waals surface area (Å²) in [5.41, 5.74) is 6.89. The molecule has 0 saturated heterocycles. The fraction of sp³-hybridized carbons (Fsp3) is 1.00. The van der Waals surface area contributed by atoms with Gasteiger partial charge >= 0.3 is 0 Å². The zero-order chi connectivity index (χ0) is 9.54. The van der Waals surface area contributed by atoms with E-state index in [0.29, 0.717) is 0 Å². The molecule has 2 nitrogen and oxygen atoms in total. The first-order valence-electron chi connectivity index (χ1n) is 6.35. The highest BCUT2D eigenvalue weighted by molar-refractivity contribution is 5.00. The van der Waals surface area contributed by atoms with Crippen LogP contribution >= 0.6 is 0 Å². The van der Waals surface area contributed by atoms with Crippen molar-refractivity contribution in [1.29, 1.82) is 0 Å². The number of hydrogen-bond acceptors (Lipinski definition) is 2. The zero-order valence-electron chi connectivity index (χ0n) is 9.13. The van der Waals surface area contributed by atoms with E-state index in [-0.39, 0.29) is 0 Å². The minimum atomic E-state index is 0.794. The lowest BCUT2D eigenvalue weighted by atomic mass is 9.54. The number of nitrogens with one attached hydrogen (secondary N) is 2. The third kappa shape index (κ3) is 1.40. The van der Waals surface area contributed by atoms with Crippen molar-refractivity contribution in [3.63, 3.8) is 0 Å². The van der Waals surface area contributed by atoms with E-state index in [2.05, 4.69) is 17.8 Å². The van der Waals surface area contributed by atoms with Gasteiger partial charge in [-0.25, -0.2) is 0 Å². The standard InChI is InChI=1S/C12H22N2/c1-2-13-14-12-10-4-8-3-9(6-10)7-11(12)5-8/h8-14H,2-7H2,1H3. The Labute approximate surface area is 86.8 Å². The molecule has 4 fully saturated rings. The van der Waals surface area contributed by atoms with Crippen LogP contribution < -0.4 is 10.9 Å². The largest absolute Gasteiger partial charge is 0.258 e. The Morgan fingerprint density at radius 2 is 1.50 bits per heavy atom. The molecule has 0 aromatic heterocycles. The van der Waals surface area contributed by atoms with Crippen LogP contribution in [0, 0.1) is 23.7 Å². The molecule has 4 bridgehead atoms. The summed E-state index contributed by atoms with van der Waals surface area (Å²) in [6.07, 6.45) is 7.60. The van der Waals surface area contributed by atoms with Crippen molar-refractivity contribution in [2.75, 3.05) is 6.54 Å². The van der Waals surface area contributed by atoms with Gasteiger partial charge in [0, 0.05) is 12.6 Å². The van der Waals surface area contributed by atoms with Crippen LogP contribution in [0.25, 0.3) is 0 Å². The van der Waals surface area contributed by atoms with Gasteiger partial charge in [0.15, 0.2) is 0 Å². The molecule has 0 aromatic carbocycles. The highest BCUT2D eigenvalue weighted by atomic mass is 15.4. The van der Waals surface area contributed by atoms with E-state index in [0.717, 1.165) is 36.3 Å². The molecular formula is C12H22N2. The third-order valence-corrected chi connectivity index (χ3v) is 4.67. The van der Waals surface area contributed by atoms with Gasteiger partial charge in [-0.05, 0) is 55.8 Å². The highest BCUT2D eigenvalue weighted by Crippen LogP contribution is 2.53.